The topological polar surface area (TPSA) is 30.7 Å². The van der Waals surface area contributed by atoms with Crippen LogP contribution in [0.15, 0.2) is 30.9 Å². The van der Waals surface area contributed by atoms with Gasteiger partial charge in [0.25, 0.3) is 0 Å². The van der Waals surface area contributed by atoms with E-state index in [2.05, 4.69) is 16.0 Å². The van der Waals surface area contributed by atoms with E-state index in [1.54, 1.807) is 6.33 Å². The van der Waals surface area contributed by atoms with Gasteiger partial charge in [0.1, 0.15) is 0 Å². The Morgan fingerprint density at radius 3 is 2.62 bits per heavy atom. The first kappa shape index (κ1) is 7.98. The van der Waals surface area contributed by atoms with Gasteiger partial charge in [0, 0.05) is 24.5 Å². The fourth-order valence-electron chi connectivity index (χ4n) is 1.25. The van der Waals surface area contributed by atoms with Crippen LogP contribution in [0.4, 0.5) is 0 Å². The minimum absolute atomic E-state index is 1.03. The first-order valence-corrected chi connectivity index (χ1v) is 4.17. The summed E-state index contributed by atoms with van der Waals surface area (Å²) >= 11 is 0. The number of hydrogen-bond acceptors (Lipinski definition) is 2. The summed E-state index contributed by atoms with van der Waals surface area (Å²) in [5.41, 5.74) is 3.23. The summed E-state index contributed by atoms with van der Waals surface area (Å²) in [6.45, 7) is 1.98. The summed E-state index contributed by atoms with van der Waals surface area (Å²) in [5.74, 6) is 0. The third-order valence-corrected chi connectivity index (χ3v) is 2.02. The monoisotopic (exact) mass is 173 g/mol. The summed E-state index contributed by atoms with van der Waals surface area (Å²) in [4.78, 5) is 8.29. The maximum Gasteiger partial charge on any atom is 0.0948 e. The summed E-state index contributed by atoms with van der Waals surface area (Å²) in [6, 6.07) is 4.06. The molecule has 3 heteroatoms. The standard InChI is InChI=1S/C10H11N3/c1-8-3-4-9(5-12-8)10-6-11-7-13(10)2/h3-7H,1-2H3. The van der Waals surface area contributed by atoms with E-state index in [0.29, 0.717) is 0 Å². The van der Waals surface area contributed by atoms with E-state index in [9.17, 15) is 0 Å². The highest BCUT2D eigenvalue weighted by Gasteiger charge is 2.00. The third-order valence-electron chi connectivity index (χ3n) is 2.02. The molecule has 0 bridgehead atoms. The first-order valence-electron chi connectivity index (χ1n) is 4.17. The lowest BCUT2D eigenvalue weighted by Crippen LogP contribution is -1.90. The van der Waals surface area contributed by atoms with Crippen molar-refractivity contribution >= 4 is 0 Å². The van der Waals surface area contributed by atoms with Gasteiger partial charge < -0.3 is 4.57 Å². The molecule has 0 N–H and O–H groups in total. The fourth-order valence-corrected chi connectivity index (χ4v) is 1.25. The second-order valence-corrected chi connectivity index (χ2v) is 3.08. The first-order chi connectivity index (χ1) is 6.27. The number of aromatic nitrogens is 3. The van der Waals surface area contributed by atoms with Gasteiger partial charge in [0.15, 0.2) is 0 Å². The number of rotatable bonds is 1. The zero-order valence-corrected chi connectivity index (χ0v) is 7.73. The van der Waals surface area contributed by atoms with Crippen LogP contribution in [0.3, 0.4) is 0 Å². The molecule has 2 rings (SSSR count). The zero-order chi connectivity index (χ0) is 9.26. The molecule has 2 heterocycles. The summed E-state index contributed by atoms with van der Waals surface area (Å²) in [6.07, 6.45) is 5.49. The molecule has 2 aromatic rings. The predicted molar refractivity (Wildman–Crippen MR) is 51.2 cm³/mol. The Morgan fingerprint density at radius 2 is 2.08 bits per heavy atom. The van der Waals surface area contributed by atoms with E-state index in [1.165, 1.54) is 0 Å². The van der Waals surface area contributed by atoms with Crippen LogP contribution in [0.25, 0.3) is 11.3 Å². The van der Waals surface area contributed by atoms with Crippen molar-refractivity contribution < 1.29 is 0 Å². The highest BCUT2D eigenvalue weighted by atomic mass is 15.0. The van der Waals surface area contributed by atoms with Gasteiger partial charge >= 0.3 is 0 Å². The third kappa shape index (κ3) is 1.45. The van der Waals surface area contributed by atoms with Crippen LogP contribution < -0.4 is 0 Å². The molecule has 0 aliphatic heterocycles. The van der Waals surface area contributed by atoms with Crippen molar-refractivity contribution in [3.05, 3.63) is 36.5 Å². The Bertz CT molecular complexity index is 400. The number of nitrogens with zero attached hydrogens (tertiary/aromatic N) is 3. The van der Waals surface area contributed by atoms with Gasteiger partial charge in [-0.2, -0.15) is 0 Å². The Hall–Kier alpha value is -1.64. The molecule has 13 heavy (non-hydrogen) atoms. The maximum atomic E-state index is 4.24. The molecular formula is C10H11N3. The molecule has 0 aliphatic rings. The maximum absolute atomic E-state index is 4.24. The van der Waals surface area contributed by atoms with Crippen LogP contribution >= 0.6 is 0 Å². The summed E-state index contributed by atoms with van der Waals surface area (Å²) < 4.78 is 1.98. The number of imidazole rings is 1. The average Bonchev–Trinajstić information content (AvgIpc) is 2.53. The normalized spacial score (nSPS) is 10.3. The van der Waals surface area contributed by atoms with Gasteiger partial charge in [-0.15, -0.1) is 0 Å². The summed E-state index contributed by atoms with van der Waals surface area (Å²) in [7, 11) is 1.97. The van der Waals surface area contributed by atoms with E-state index < -0.39 is 0 Å². The van der Waals surface area contributed by atoms with Crippen molar-refractivity contribution in [1.29, 1.82) is 0 Å². The summed E-state index contributed by atoms with van der Waals surface area (Å²) in [5, 5.41) is 0. The van der Waals surface area contributed by atoms with Crippen molar-refractivity contribution in [2.45, 2.75) is 6.92 Å². The van der Waals surface area contributed by atoms with Crippen molar-refractivity contribution in [2.75, 3.05) is 0 Å². The lowest BCUT2D eigenvalue weighted by Gasteiger charge is -2.01. The van der Waals surface area contributed by atoms with Gasteiger partial charge in [-0.3, -0.25) is 4.98 Å². The largest absolute Gasteiger partial charge is 0.334 e. The lowest BCUT2D eigenvalue weighted by molar-refractivity contribution is 0.920. The lowest BCUT2D eigenvalue weighted by atomic mass is 10.2. The molecule has 0 aromatic carbocycles. The Kier molecular flexibility index (Phi) is 1.85. The Labute approximate surface area is 77.1 Å². The van der Waals surface area contributed by atoms with E-state index in [0.717, 1.165) is 17.0 Å². The molecule has 0 spiro atoms. The number of hydrogen-bond donors (Lipinski definition) is 0. The van der Waals surface area contributed by atoms with Crippen LogP contribution in [0.1, 0.15) is 5.69 Å². The van der Waals surface area contributed by atoms with Gasteiger partial charge in [0.2, 0.25) is 0 Å². The van der Waals surface area contributed by atoms with Gasteiger partial charge in [-0.25, -0.2) is 4.98 Å². The number of pyridine rings is 1. The SMILES string of the molecule is Cc1ccc(-c2cncn2C)cn1. The van der Waals surface area contributed by atoms with Crippen LogP contribution in [-0.4, -0.2) is 14.5 Å². The van der Waals surface area contributed by atoms with E-state index in [4.69, 9.17) is 0 Å². The van der Waals surface area contributed by atoms with E-state index in [1.807, 2.05) is 37.0 Å². The van der Waals surface area contributed by atoms with Crippen molar-refractivity contribution in [1.82, 2.24) is 14.5 Å². The van der Waals surface area contributed by atoms with Gasteiger partial charge in [0.05, 0.1) is 18.2 Å². The second-order valence-electron chi connectivity index (χ2n) is 3.08. The Morgan fingerprint density at radius 1 is 1.23 bits per heavy atom. The molecule has 0 unspecified atom stereocenters. The minimum atomic E-state index is 1.03. The van der Waals surface area contributed by atoms with Crippen molar-refractivity contribution in [3.63, 3.8) is 0 Å². The highest BCUT2D eigenvalue weighted by molar-refractivity contribution is 5.57. The molecule has 0 saturated heterocycles. The minimum Gasteiger partial charge on any atom is -0.334 e. The van der Waals surface area contributed by atoms with Gasteiger partial charge in [-0.1, -0.05) is 0 Å². The van der Waals surface area contributed by atoms with Crippen LogP contribution in [0.2, 0.25) is 0 Å². The van der Waals surface area contributed by atoms with Gasteiger partial charge in [-0.05, 0) is 19.1 Å². The molecule has 0 saturated carbocycles. The molecule has 0 radical (unpaired) electrons. The quantitative estimate of drug-likeness (QED) is 0.658. The number of aryl methyl sites for hydroxylation is 2. The zero-order valence-electron chi connectivity index (χ0n) is 7.73. The molecule has 66 valence electrons. The molecule has 0 amide bonds. The molecule has 3 nitrogen and oxygen atoms in total. The van der Waals surface area contributed by atoms with E-state index >= 15 is 0 Å². The van der Waals surface area contributed by atoms with Crippen LogP contribution in [0.5, 0.6) is 0 Å². The van der Waals surface area contributed by atoms with Crippen molar-refractivity contribution in [3.8, 4) is 11.3 Å². The Balaban J connectivity index is 2.47. The average molecular weight is 173 g/mol. The molecule has 2 aromatic heterocycles. The molecular weight excluding hydrogens is 162 g/mol. The fraction of sp³-hybridized carbons (Fsp3) is 0.200. The molecule has 0 aliphatic carbocycles. The van der Waals surface area contributed by atoms with Crippen LogP contribution in [-0.2, 0) is 7.05 Å². The van der Waals surface area contributed by atoms with Crippen molar-refractivity contribution in [2.24, 2.45) is 7.05 Å². The smallest absolute Gasteiger partial charge is 0.0948 e. The second kappa shape index (κ2) is 3.01. The van der Waals surface area contributed by atoms with Crippen LogP contribution in [0, 0.1) is 6.92 Å². The molecule has 0 fully saturated rings. The van der Waals surface area contributed by atoms with E-state index in [-0.39, 0.29) is 0 Å². The molecule has 0 atom stereocenters. The highest BCUT2D eigenvalue weighted by Crippen LogP contribution is 2.16. The predicted octanol–water partition coefficient (Wildman–Crippen LogP) is 1.79.